The molecule has 0 fully saturated rings. The molecular weight excluding hydrogens is 254 g/mol. The van der Waals surface area contributed by atoms with Crippen LogP contribution in [0, 0.1) is 5.92 Å². The van der Waals surface area contributed by atoms with Gasteiger partial charge in [0.05, 0.1) is 24.4 Å². The topological polar surface area (TPSA) is 67.2 Å². The fourth-order valence-corrected chi connectivity index (χ4v) is 2.11. The van der Waals surface area contributed by atoms with E-state index in [2.05, 4.69) is 24.3 Å². The molecule has 2 N–H and O–H groups in total. The van der Waals surface area contributed by atoms with Gasteiger partial charge in [0.2, 0.25) is 5.43 Å². The number of aliphatic hydroxyl groups is 1. The third kappa shape index (κ3) is 3.65. The molecule has 0 spiro atoms. The van der Waals surface area contributed by atoms with Crippen LogP contribution in [0.2, 0.25) is 0 Å². The van der Waals surface area contributed by atoms with Crippen LogP contribution in [0.5, 0.6) is 0 Å². The largest absolute Gasteiger partial charge is 0.390 e. The summed E-state index contributed by atoms with van der Waals surface area (Å²) < 4.78 is 1.68. The van der Waals surface area contributed by atoms with E-state index in [1.165, 1.54) is 6.20 Å². The maximum Gasteiger partial charge on any atom is 0.207 e. The van der Waals surface area contributed by atoms with Crippen LogP contribution in [-0.2, 0) is 6.54 Å². The molecule has 1 heterocycles. The number of hydrogen-bond donors (Lipinski definition) is 2. The van der Waals surface area contributed by atoms with Crippen molar-refractivity contribution in [1.29, 1.82) is 0 Å². The molecule has 20 heavy (non-hydrogen) atoms. The van der Waals surface area contributed by atoms with Crippen molar-refractivity contribution in [3.05, 3.63) is 40.7 Å². The number of rotatable bonds is 6. The molecule has 0 radical (unpaired) electrons. The standard InChI is InChI=1S/C15H21N3O2/c1-11(2)7-16-8-12(19)10-18-14-6-4-3-5-13(14)15(20)9-17-18/h3-6,9,11-12,16,19H,7-8,10H2,1-2H3. The number of nitrogens with zero attached hydrogens (tertiary/aromatic N) is 2. The minimum Gasteiger partial charge on any atom is -0.390 e. The van der Waals surface area contributed by atoms with Crippen molar-refractivity contribution in [1.82, 2.24) is 15.1 Å². The highest BCUT2D eigenvalue weighted by Gasteiger charge is 2.09. The van der Waals surface area contributed by atoms with Gasteiger partial charge in [0.15, 0.2) is 0 Å². The van der Waals surface area contributed by atoms with Gasteiger partial charge in [-0.2, -0.15) is 5.10 Å². The van der Waals surface area contributed by atoms with Crippen molar-refractivity contribution in [3.8, 4) is 0 Å². The van der Waals surface area contributed by atoms with Gasteiger partial charge in [0, 0.05) is 11.9 Å². The summed E-state index contributed by atoms with van der Waals surface area (Å²) in [6.45, 7) is 5.99. The molecule has 0 aliphatic rings. The van der Waals surface area contributed by atoms with Crippen LogP contribution in [0.25, 0.3) is 10.9 Å². The summed E-state index contributed by atoms with van der Waals surface area (Å²) in [7, 11) is 0. The van der Waals surface area contributed by atoms with Gasteiger partial charge in [0.25, 0.3) is 0 Å². The summed E-state index contributed by atoms with van der Waals surface area (Å²) in [5, 5.41) is 18.0. The van der Waals surface area contributed by atoms with E-state index < -0.39 is 6.10 Å². The Morgan fingerprint density at radius 2 is 2.05 bits per heavy atom. The Kier molecular flexibility index (Phi) is 4.87. The van der Waals surface area contributed by atoms with Gasteiger partial charge in [-0.3, -0.25) is 9.48 Å². The Bertz CT molecular complexity index is 622. The van der Waals surface area contributed by atoms with E-state index in [1.807, 2.05) is 18.2 Å². The molecule has 5 nitrogen and oxygen atoms in total. The lowest BCUT2D eigenvalue weighted by Gasteiger charge is -2.15. The monoisotopic (exact) mass is 275 g/mol. The average molecular weight is 275 g/mol. The van der Waals surface area contributed by atoms with E-state index >= 15 is 0 Å². The summed E-state index contributed by atoms with van der Waals surface area (Å²) in [4.78, 5) is 11.7. The first-order valence-corrected chi connectivity index (χ1v) is 6.91. The Morgan fingerprint density at radius 1 is 1.30 bits per heavy atom. The molecule has 0 aliphatic carbocycles. The van der Waals surface area contributed by atoms with Crippen molar-refractivity contribution < 1.29 is 5.11 Å². The van der Waals surface area contributed by atoms with Crippen molar-refractivity contribution in [2.24, 2.45) is 5.92 Å². The van der Waals surface area contributed by atoms with Gasteiger partial charge in [0.1, 0.15) is 0 Å². The van der Waals surface area contributed by atoms with Crippen LogP contribution in [0.1, 0.15) is 13.8 Å². The van der Waals surface area contributed by atoms with Crippen LogP contribution in [0.3, 0.4) is 0 Å². The summed E-state index contributed by atoms with van der Waals surface area (Å²) in [6.07, 6.45) is 0.767. The minimum atomic E-state index is -0.535. The molecule has 2 aromatic rings. The number of para-hydroxylation sites is 1. The second kappa shape index (κ2) is 6.63. The van der Waals surface area contributed by atoms with Crippen LogP contribution < -0.4 is 10.7 Å². The van der Waals surface area contributed by atoms with Crippen molar-refractivity contribution >= 4 is 10.9 Å². The van der Waals surface area contributed by atoms with Gasteiger partial charge in [-0.15, -0.1) is 0 Å². The molecule has 1 aromatic heterocycles. The molecule has 1 atom stereocenters. The Morgan fingerprint density at radius 3 is 2.80 bits per heavy atom. The van der Waals surface area contributed by atoms with E-state index in [4.69, 9.17) is 0 Å². The van der Waals surface area contributed by atoms with E-state index in [-0.39, 0.29) is 5.43 Å². The average Bonchev–Trinajstić information content (AvgIpc) is 2.42. The first-order chi connectivity index (χ1) is 9.58. The van der Waals surface area contributed by atoms with Crippen LogP contribution in [0.15, 0.2) is 35.3 Å². The zero-order chi connectivity index (χ0) is 14.5. The van der Waals surface area contributed by atoms with E-state index in [0.29, 0.717) is 24.4 Å². The summed E-state index contributed by atoms with van der Waals surface area (Å²) in [5.41, 5.74) is 0.659. The second-order valence-electron chi connectivity index (χ2n) is 5.41. The maximum absolute atomic E-state index is 11.7. The Hall–Kier alpha value is -1.72. The number of hydrogen-bond acceptors (Lipinski definition) is 4. The zero-order valence-electron chi connectivity index (χ0n) is 11.9. The van der Waals surface area contributed by atoms with Gasteiger partial charge in [-0.25, -0.2) is 0 Å². The highest BCUT2D eigenvalue weighted by molar-refractivity contribution is 5.77. The SMILES string of the molecule is CC(C)CNCC(O)Cn1ncc(=O)c2ccccc21. The highest BCUT2D eigenvalue weighted by Crippen LogP contribution is 2.08. The first-order valence-electron chi connectivity index (χ1n) is 6.91. The number of fused-ring (bicyclic) bond motifs is 1. The van der Waals surface area contributed by atoms with Gasteiger partial charge in [-0.1, -0.05) is 26.0 Å². The third-order valence-electron chi connectivity index (χ3n) is 3.08. The highest BCUT2D eigenvalue weighted by atomic mass is 16.3. The zero-order valence-corrected chi connectivity index (χ0v) is 11.9. The number of benzene rings is 1. The number of nitrogens with one attached hydrogen (secondary N) is 1. The Balaban J connectivity index is 2.10. The molecule has 0 bridgehead atoms. The summed E-state index contributed by atoms with van der Waals surface area (Å²) >= 11 is 0. The molecule has 0 aliphatic heterocycles. The molecular formula is C15H21N3O2. The molecule has 1 aromatic carbocycles. The first kappa shape index (κ1) is 14.7. The fraction of sp³-hybridized carbons (Fsp3) is 0.467. The number of aromatic nitrogens is 2. The molecule has 0 saturated carbocycles. The molecule has 108 valence electrons. The van der Waals surface area contributed by atoms with Crippen molar-refractivity contribution in [2.75, 3.05) is 13.1 Å². The van der Waals surface area contributed by atoms with Crippen molar-refractivity contribution in [2.45, 2.75) is 26.5 Å². The van der Waals surface area contributed by atoms with E-state index in [1.54, 1.807) is 10.7 Å². The summed E-state index contributed by atoms with van der Waals surface area (Å²) in [5.74, 6) is 0.550. The van der Waals surface area contributed by atoms with E-state index in [0.717, 1.165) is 12.1 Å². The van der Waals surface area contributed by atoms with Crippen molar-refractivity contribution in [3.63, 3.8) is 0 Å². The summed E-state index contributed by atoms with van der Waals surface area (Å²) in [6, 6.07) is 7.31. The number of aliphatic hydroxyl groups excluding tert-OH is 1. The second-order valence-corrected chi connectivity index (χ2v) is 5.41. The lowest BCUT2D eigenvalue weighted by Crippen LogP contribution is -2.33. The lowest BCUT2D eigenvalue weighted by molar-refractivity contribution is 0.147. The fourth-order valence-electron chi connectivity index (χ4n) is 2.11. The maximum atomic E-state index is 11.7. The molecule has 1 unspecified atom stereocenters. The molecule has 0 amide bonds. The van der Waals surface area contributed by atoms with E-state index in [9.17, 15) is 9.90 Å². The minimum absolute atomic E-state index is 0.0933. The Labute approximate surface area is 118 Å². The smallest absolute Gasteiger partial charge is 0.207 e. The molecule has 5 heteroatoms. The predicted molar refractivity (Wildman–Crippen MR) is 79.7 cm³/mol. The normalized spacial score (nSPS) is 13.0. The van der Waals surface area contributed by atoms with Crippen LogP contribution >= 0.6 is 0 Å². The molecule has 2 rings (SSSR count). The third-order valence-corrected chi connectivity index (χ3v) is 3.08. The van der Waals surface area contributed by atoms with Crippen LogP contribution in [-0.4, -0.2) is 34.1 Å². The molecule has 0 saturated heterocycles. The van der Waals surface area contributed by atoms with Gasteiger partial charge in [-0.05, 0) is 24.6 Å². The van der Waals surface area contributed by atoms with Gasteiger partial charge >= 0.3 is 0 Å². The lowest BCUT2D eigenvalue weighted by atomic mass is 10.2. The predicted octanol–water partition coefficient (Wildman–Crippen LogP) is 1.00. The van der Waals surface area contributed by atoms with Crippen LogP contribution in [0.4, 0.5) is 0 Å². The quantitative estimate of drug-likeness (QED) is 0.825. The van der Waals surface area contributed by atoms with Gasteiger partial charge < -0.3 is 10.4 Å².